The standard InChI is InChI=1S/C6H4N2O3/c7-1-2-11-4-5(3-8)6(9)10/h4H,2H2,(H,9,10). The molecule has 1 N–H and O–H groups in total. The average Bonchev–Trinajstić information content (AvgIpc) is 1.97. The zero-order valence-electron chi connectivity index (χ0n) is 5.44. The third-order valence-electron chi connectivity index (χ3n) is 0.700. The Kier molecular flexibility index (Phi) is 3.95. The molecule has 0 amide bonds. The van der Waals surface area contributed by atoms with Crippen molar-refractivity contribution >= 4 is 5.97 Å². The van der Waals surface area contributed by atoms with Crippen LogP contribution in [0.3, 0.4) is 0 Å². The highest BCUT2D eigenvalue weighted by atomic mass is 16.5. The fraction of sp³-hybridized carbons (Fsp3) is 0.167. The van der Waals surface area contributed by atoms with Crippen LogP contribution in [0.25, 0.3) is 0 Å². The van der Waals surface area contributed by atoms with Crippen molar-refractivity contribution in [3.05, 3.63) is 11.8 Å². The van der Waals surface area contributed by atoms with Crippen molar-refractivity contribution in [1.82, 2.24) is 0 Å². The van der Waals surface area contributed by atoms with E-state index in [1.807, 2.05) is 0 Å². The van der Waals surface area contributed by atoms with E-state index in [4.69, 9.17) is 15.6 Å². The van der Waals surface area contributed by atoms with Crippen LogP contribution in [0.15, 0.2) is 11.8 Å². The van der Waals surface area contributed by atoms with Crippen molar-refractivity contribution in [1.29, 1.82) is 10.5 Å². The largest absolute Gasteiger partial charge is 0.485 e. The summed E-state index contributed by atoms with van der Waals surface area (Å²) in [5.74, 6) is -1.37. The summed E-state index contributed by atoms with van der Waals surface area (Å²) in [6.45, 7) is -0.265. The Morgan fingerprint density at radius 2 is 2.27 bits per heavy atom. The summed E-state index contributed by atoms with van der Waals surface area (Å²) in [4.78, 5) is 10.1. The second-order valence-electron chi connectivity index (χ2n) is 1.42. The van der Waals surface area contributed by atoms with E-state index in [1.165, 1.54) is 6.07 Å². The summed E-state index contributed by atoms with van der Waals surface area (Å²) >= 11 is 0. The highest BCUT2D eigenvalue weighted by Gasteiger charge is 2.04. The predicted molar refractivity (Wildman–Crippen MR) is 32.9 cm³/mol. The molecule has 56 valence electrons. The number of nitrogens with zero attached hydrogens (tertiary/aromatic N) is 2. The number of aliphatic carboxylic acids is 1. The highest BCUT2D eigenvalue weighted by Crippen LogP contribution is 1.91. The lowest BCUT2D eigenvalue weighted by molar-refractivity contribution is -0.132. The smallest absolute Gasteiger partial charge is 0.349 e. The van der Waals surface area contributed by atoms with Crippen LogP contribution in [-0.4, -0.2) is 17.7 Å². The minimum atomic E-state index is -1.37. The zero-order chi connectivity index (χ0) is 8.69. The van der Waals surface area contributed by atoms with Gasteiger partial charge in [-0.15, -0.1) is 0 Å². The summed E-state index contributed by atoms with van der Waals surface area (Å²) in [5, 5.41) is 24.3. The lowest BCUT2D eigenvalue weighted by Crippen LogP contribution is -1.98. The Labute approximate surface area is 62.7 Å². The second kappa shape index (κ2) is 4.83. The van der Waals surface area contributed by atoms with E-state index >= 15 is 0 Å². The number of ether oxygens (including phenoxy) is 1. The molecule has 0 rings (SSSR count). The molecule has 0 aliphatic rings. The second-order valence-corrected chi connectivity index (χ2v) is 1.42. The third-order valence-corrected chi connectivity index (χ3v) is 0.700. The van der Waals surface area contributed by atoms with Crippen molar-refractivity contribution < 1.29 is 14.6 Å². The van der Waals surface area contributed by atoms with Crippen molar-refractivity contribution in [2.45, 2.75) is 0 Å². The lowest BCUT2D eigenvalue weighted by Gasteiger charge is -1.90. The molecule has 0 aromatic rings. The van der Waals surface area contributed by atoms with Crippen LogP contribution in [0.1, 0.15) is 0 Å². The maximum atomic E-state index is 10.1. The number of hydrogen-bond acceptors (Lipinski definition) is 4. The fourth-order valence-corrected chi connectivity index (χ4v) is 0.287. The molecule has 0 saturated carbocycles. The maximum Gasteiger partial charge on any atom is 0.349 e. The van der Waals surface area contributed by atoms with E-state index in [2.05, 4.69) is 4.74 Å². The summed E-state index contributed by atoms with van der Waals surface area (Å²) in [6.07, 6.45) is 0.742. The first-order chi connectivity index (χ1) is 5.22. The molecular formula is C6H4N2O3. The third kappa shape index (κ3) is 3.55. The summed E-state index contributed by atoms with van der Waals surface area (Å²) in [7, 11) is 0. The van der Waals surface area contributed by atoms with Gasteiger partial charge in [-0.05, 0) is 0 Å². The van der Waals surface area contributed by atoms with Crippen LogP contribution in [0, 0.1) is 22.7 Å². The molecule has 5 heteroatoms. The molecule has 0 saturated heterocycles. The predicted octanol–water partition coefficient (Wildman–Crippen LogP) is 0.0187. The molecule has 5 nitrogen and oxygen atoms in total. The van der Waals surface area contributed by atoms with Gasteiger partial charge in [-0.2, -0.15) is 10.5 Å². The van der Waals surface area contributed by atoms with Crippen LogP contribution in [-0.2, 0) is 9.53 Å². The van der Waals surface area contributed by atoms with Gasteiger partial charge in [-0.25, -0.2) is 4.79 Å². The number of carbonyl (C=O) groups is 1. The fourth-order valence-electron chi connectivity index (χ4n) is 0.287. The average molecular weight is 152 g/mol. The number of hydrogen-bond donors (Lipinski definition) is 1. The molecule has 0 aliphatic carbocycles. The van der Waals surface area contributed by atoms with E-state index in [0.717, 1.165) is 6.26 Å². The van der Waals surface area contributed by atoms with Crippen molar-refractivity contribution in [3.63, 3.8) is 0 Å². The Bertz CT molecular complexity index is 256. The monoisotopic (exact) mass is 152 g/mol. The summed E-state index contributed by atoms with van der Waals surface area (Å²) < 4.78 is 4.37. The molecular weight excluding hydrogens is 148 g/mol. The Morgan fingerprint density at radius 3 is 2.64 bits per heavy atom. The number of rotatable bonds is 3. The molecule has 0 radical (unpaired) electrons. The molecule has 0 bridgehead atoms. The molecule has 0 heterocycles. The highest BCUT2D eigenvalue weighted by molar-refractivity contribution is 5.90. The van der Waals surface area contributed by atoms with Gasteiger partial charge in [0.15, 0.2) is 12.2 Å². The lowest BCUT2D eigenvalue weighted by atomic mass is 10.3. The van der Waals surface area contributed by atoms with Crippen LogP contribution >= 0.6 is 0 Å². The molecule has 0 spiro atoms. The number of nitriles is 2. The Hall–Kier alpha value is -2.01. The van der Waals surface area contributed by atoms with Gasteiger partial charge in [0.25, 0.3) is 0 Å². The van der Waals surface area contributed by atoms with Crippen molar-refractivity contribution in [2.24, 2.45) is 0 Å². The van der Waals surface area contributed by atoms with E-state index in [9.17, 15) is 4.79 Å². The Balaban J connectivity index is 4.08. The van der Waals surface area contributed by atoms with E-state index in [1.54, 1.807) is 6.07 Å². The van der Waals surface area contributed by atoms with Gasteiger partial charge < -0.3 is 9.84 Å². The van der Waals surface area contributed by atoms with Gasteiger partial charge in [-0.1, -0.05) is 0 Å². The molecule has 0 atom stereocenters. The van der Waals surface area contributed by atoms with Gasteiger partial charge >= 0.3 is 5.97 Å². The van der Waals surface area contributed by atoms with Crippen LogP contribution in [0.2, 0.25) is 0 Å². The first-order valence-corrected chi connectivity index (χ1v) is 2.54. The van der Waals surface area contributed by atoms with Crippen LogP contribution < -0.4 is 0 Å². The maximum absolute atomic E-state index is 10.1. The van der Waals surface area contributed by atoms with Crippen molar-refractivity contribution in [2.75, 3.05) is 6.61 Å². The van der Waals surface area contributed by atoms with Gasteiger partial charge in [0, 0.05) is 0 Å². The minimum absolute atomic E-state index is 0.265. The van der Waals surface area contributed by atoms with Gasteiger partial charge in [-0.3, -0.25) is 0 Å². The van der Waals surface area contributed by atoms with Crippen LogP contribution in [0.4, 0.5) is 0 Å². The van der Waals surface area contributed by atoms with Crippen LogP contribution in [0.5, 0.6) is 0 Å². The number of carboxylic acid groups (broad SMARTS) is 1. The summed E-state index contributed by atoms with van der Waals surface area (Å²) in [5.41, 5.74) is -0.528. The minimum Gasteiger partial charge on any atom is -0.485 e. The van der Waals surface area contributed by atoms with E-state index in [0.29, 0.717) is 0 Å². The molecule has 0 fully saturated rings. The number of carboxylic acids is 1. The normalized spacial score (nSPS) is 9.45. The van der Waals surface area contributed by atoms with E-state index < -0.39 is 11.5 Å². The molecule has 0 aliphatic heterocycles. The molecule has 11 heavy (non-hydrogen) atoms. The summed E-state index contributed by atoms with van der Waals surface area (Å²) in [6, 6.07) is 3.00. The first kappa shape index (κ1) is 8.99. The quantitative estimate of drug-likeness (QED) is 0.266. The van der Waals surface area contributed by atoms with Crippen molar-refractivity contribution in [3.8, 4) is 12.1 Å². The zero-order valence-corrected chi connectivity index (χ0v) is 5.44. The molecule has 0 aromatic heterocycles. The van der Waals surface area contributed by atoms with E-state index in [-0.39, 0.29) is 6.61 Å². The Morgan fingerprint density at radius 1 is 1.64 bits per heavy atom. The van der Waals surface area contributed by atoms with Gasteiger partial charge in [0.2, 0.25) is 0 Å². The SMILES string of the molecule is N#CCOC=C(C#N)C(=O)O. The molecule has 0 unspecified atom stereocenters. The first-order valence-electron chi connectivity index (χ1n) is 2.54. The van der Waals surface area contributed by atoms with Gasteiger partial charge in [0.1, 0.15) is 18.4 Å². The van der Waals surface area contributed by atoms with Gasteiger partial charge in [0.05, 0.1) is 0 Å². The molecule has 0 aromatic carbocycles. The topological polar surface area (TPSA) is 94.1 Å².